The minimum absolute atomic E-state index is 0.155. The molecular formula is C28H33N3O3S. The summed E-state index contributed by atoms with van der Waals surface area (Å²) in [5, 5.41) is 2.91. The molecule has 0 atom stereocenters. The highest BCUT2D eigenvalue weighted by Gasteiger charge is 2.27. The number of benzene rings is 3. The van der Waals surface area contributed by atoms with Crippen molar-refractivity contribution in [3.63, 3.8) is 0 Å². The largest absolute Gasteiger partial charge is 0.350 e. The third kappa shape index (κ3) is 6.50. The predicted molar refractivity (Wildman–Crippen MR) is 140 cm³/mol. The molecule has 1 saturated heterocycles. The van der Waals surface area contributed by atoms with Crippen molar-refractivity contribution in [1.82, 2.24) is 10.2 Å². The first kappa shape index (κ1) is 24.9. The topological polar surface area (TPSA) is 69.7 Å². The molecule has 7 heteroatoms. The molecule has 184 valence electrons. The molecule has 35 heavy (non-hydrogen) atoms. The minimum atomic E-state index is -3.90. The van der Waals surface area contributed by atoms with E-state index in [2.05, 4.69) is 22.3 Å². The molecule has 3 aromatic carbocycles. The van der Waals surface area contributed by atoms with E-state index in [0.29, 0.717) is 12.2 Å². The summed E-state index contributed by atoms with van der Waals surface area (Å²) in [5.41, 5.74) is 3.79. The van der Waals surface area contributed by atoms with E-state index in [1.807, 2.05) is 31.2 Å². The van der Waals surface area contributed by atoms with Crippen LogP contribution in [0.1, 0.15) is 36.5 Å². The van der Waals surface area contributed by atoms with E-state index in [9.17, 15) is 13.2 Å². The lowest BCUT2D eigenvalue weighted by molar-refractivity contribution is -0.119. The van der Waals surface area contributed by atoms with Crippen molar-refractivity contribution in [2.75, 3.05) is 23.9 Å². The summed E-state index contributed by atoms with van der Waals surface area (Å²) in [6.45, 7) is 5.27. The summed E-state index contributed by atoms with van der Waals surface area (Å²) < 4.78 is 28.1. The number of sulfonamides is 1. The normalized spacial score (nSPS) is 14.1. The average molecular weight is 492 g/mol. The Kier molecular flexibility index (Phi) is 8.21. The summed E-state index contributed by atoms with van der Waals surface area (Å²) in [6.07, 6.45) is 3.35. The van der Waals surface area contributed by atoms with Gasteiger partial charge in [-0.3, -0.25) is 14.0 Å². The molecule has 0 spiro atoms. The molecule has 4 rings (SSSR count). The quantitative estimate of drug-likeness (QED) is 0.458. The predicted octanol–water partition coefficient (Wildman–Crippen LogP) is 4.36. The maximum atomic E-state index is 13.4. The number of hydrogen-bond donors (Lipinski definition) is 1. The Morgan fingerprint density at radius 1 is 0.886 bits per heavy atom. The van der Waals surface area contributed by atoms with Crippen LogP contribution in [0.5, 0.6) is 0 Å². The summed E-state index contributed by atoms with van der Waals surface area (Å²) in [6, 6.07) is 23.7. The van der Waals surface area contributed by atoms with Crippen LogP contribution in [0.2, 0.25) is 0 Å². The second kappa shape index (κ2) is 11.5. The minimum Gasteiger partial charge on any atom is -0.350 e. The molecule has 0 aromatic heterocycles. The zero-order valence-electron chi connectivity index (χ0n) is 20.2. The van der Waals surface area contributed by atoms with Crippen LogP contribution in [-0.2, 0) is 34.3 Å². The number of amides is 1. The van der Waals surface area contributed by atoms with Gasteiger partial charge in [0.1, 0.15) is 6.54 Å². The van der Waals surface area contributed by atoms with E-state index in [4.69, 9.17) is 0 Å². The van der Waals surface area contributed by atoms with Crippen LogP contribution >= 0.6 is 0 Å². The molecule has 0 radical (unpaired) electrons. The van der Waals surface area contributed by atoms with E-state index in [1.54, 1.807) is 42.5 Å². The third-order valence-corrected chi connectivity index (χ3v) is 8.13. The molecule has 1 amide bonds. The molecule has 1 fully saturated rings. The van der Waals surface area contributed by atoms with Gasteiger partial charge in [0.2, 0.25) is 5.91 Å². The second-order valence-electron chi connectivity index (χ2n) is 8.92. The maximum Gasteiger partial charge on any atom is 0.264 e. The number of nitrogens with zero attached hydrogens (tertiary/aromatic N) is 2. The zero-order valence-corrected chi connectivity index (χ0v) is 21.0. The van der Waals surface area contributed by atoms with Gasteiger partial charge in [-0.1, -0.05) is 61.5 Å². The molecule has 3 aromatic rings. The molecule has 0 saturated carbocycles. The number of likely N-dealkylation sites (tertiary alicyclic amines) is 1. The molecule has 1 aliphatic rings. The van der Waals surface area contributed by atoms with Crippen molar-refractivity contribution >= 4 is 21.6 Å². The molecule has 6 nitrogen and oxygen atoms in total. The van der Waals surface area contributed by atoms with Gasteiger partial charge in [0.15, 0.2) is 0 Å². The van der Waals surface area contributed by atoms with Crippen LogP contribution in [0.4, 0.5) is 5.69 Å². The van der Waals surface area contributed by atoms with Crippen LogP contribution in [0.3, 0.4) is 0 Å². The Bertz CT molecular complexity index is 1220. The fourth-order valence-electron chi connectivity index (χ4n) is 4.36. The summed E-state index contributed by atoms with van der Waals surface area (Å²) in [7, 11) is -3.90. The van der Waals surface area contributed by atoms with Crippen molar-refractivity contribution in [2.24, 2.45) is 0 Å². The van der Waals surface area contributed by atoms with Crippen molar-refractivity contribution in [2.45, 2.75) is 44.2 Å². The van der Waals surface area contributed by atoms with Gasteiger partial charge < -0.3 is 5.32 Å². The van der Waals surface area contributed by atoms with Gasteiger partial charge >= 0.3 is 0 Å². The van der Waals surface area contributed by atoms with Gasteiger partial charge in [-0.15, -0.1) is 0 Å². The monoisotopic (exact) mass is 491 g/mol. The van der Waals surface area contributed by atoms with Gasteiger partial charge in [-0.05, 0) is 73.3 Å². The fraction of sp³-hybridized carbons (Fsp3) is 0.321. The molecule has 1 heterocycles. The lowest BCUT2D eigenvalue weighted by atomic mass is 10.1. The number of nitrogens with one attached hydrogen (secondary N) is 1. The smallest absolute Gasteiger partial charge is 0.264 e. The fourth-order valence-corrected chi connectivity index (χ4v) is 5.80. The Hall–Kier alpha value is -3.16. The Balaban J connectivity index is 1.47. The highest BCUT2D eigenvalue weighted by Crippen LogP contribution is 2.24. The summed E-state index contributed by atoms with van der Waals surface area (Å²) >= 11 is 0. The van der Waals surface area contributed by atoms with Crippen molar-refractivity contribution in [3.05, 3.63) is 95.6 Å². The van der Waals surface area contributed by atoms with E-state index < -0.39 is 10.0 Å². The first-order valence-corrected chi connectivity index (χ1v) is 13.6. The molecule has 0 bridgehead atoms. The first-order chi connectivity index (χ1) is 17.0. The van der Waals surface area contributed by atoms with E-state index >= 15 is 0 Å². The van der Waals surface area contributed by atoms with Crippen LogP contribution < -0.4 is 9.62 Å². The van der Waals surface area contributed by atoms with E-state index in [1.165, 1.54) is 22.7 Å². The molecule has 1 N–H and O–H groups in total. The molecule has 1 aliphatic heterocycles. The molecule has 0 unspecified atom stereocenters. The maximum absolute atomic E-state index is 13.4. The van der Waals surface area contributed by atoms with Crippen LogP contribution in [0, 0.1) is 0 Å². The van der Waals surface area contributed by atoms with Gasteiger partial charge in [0.25, 0.3) is 10.0 Å². The van der Waals surface area contributed by atoms with Gasteiger partial charge in [0, 0.05) is 13.1 Å². The zero-order chi connectivity index (χ0) is 24.7. The van der Waals surface area contributed by atoms with Crippen LogP contribution in [-0.4, -0.2) is 38.9 Å². The number of rotatable bonds is 10. The average Bonchev–Trinajstić information content (AvgIpc) is 3.40. The summed E-state index contributed by atoms with van der Waals surface area (Å²) in [4.78, 5) is 15.5. The van der Waals surface area contributed by atoms with E-state index in [-0.39, 0.29) is 17.3 Å². The lowest BCUT2D eigenvalue weighted by Gasteiger charge is -2.24. The Morgan fingerprint density at radius 3 is 2.26 bits per heavy atom. The van der Waals surface area contributed by atoms with Crippen molar-refractivity contribution in [3.8, 4) is 0 Å². The van der Waals surface area contributed by atoms with Crippen molar-refractivity contribution < 1.29 is 13.2 Å². The third-order valence-electron chi connectivity index (χ3n) is 6.34. The highest BCUT2D eigenvalue weighted by atomic mass is 32.2. The Labute approximate surface area is 208 Å². The van der Waals surface area contributed by atoms with Crippen molar-refractivity contribution in [1.29, 1.82) is 0 Å². The van der Waals surface area contributed by atoms with Gasteiger partial charge in [-0.25, -0.2) is 8.42 Å². The van der Waals surface area contributed by atoms with E-state index in [0.717, 1.165) is 37.2 Å². The molecular weight excluding hydrogens is 458 g/mol. The number of hydrogen-bond acceptors (Lipinski definition) is 4. The number of aryl methyl sites for hydroxylation is 1. The number of carbonyl (C=O) groups is 1. The number of carbonyl (C=O) groups excluding carboxylic acids is 1. The second-order valence-corrected chi connectivity index (χ2v) is 10.8. The number of anilines is 1. The van der Waals surface area contributed by atoms with Crippen LogP contribution in [0.15, 0.2) is 83.8 Å². The highest BCUT2D eigenvalue weighted by molar-refractivity contribution is 7.92. The lowest BCUT2D eigenvalue weighted by Crippen LogP contribution is -2.40. The standard InChI is InChI=1S/C28H33N3O3S/c1-2-23-13-15-26(16-14-23)31(35(33,34)27-11-4-3-5-12-27)22-28(32)29-20-24-9-8-10-25(19-24)21-30-17-6-7-18-30/h3-5,8-16,19H,2,6-7,17-18,20-22H2,1H3,(H,29,32). The first-order valence-electron chi connectivity index (χ1n) is 12.2. The summed E-state index contributed by atoms with van der Waals surface area (Å²) in [5.74, 6) is -0.353. The van der Waals surface area contributed by atoms with Crippen LogP contribution in [0.25, 0.3) is 0 Å². The van der Waals surface area contributed by atoms with Gasteiger partial charge in [-0.2, -0.15) is 0 Å². The Morgan fingerprint density at radius 2 is 1.57 bits per heavy atom. The SMILES string of the molecule is CCc1ccc(N(CC(=O)NCc2cccc(CN3CCCC3)c2)S(=O)(=O)c2ccccc2)cc1. The van der Waals surface area contributed by atoms with Gasteiger partial charge in [0.05, 0.1) is 10.6 Å². The molecule has 0 aliphatic carbocycles.